The van der Waals surface area contributed by atoms with Gasteiger partial charge in [-0.1, -0.05) is 31.5 Å². The van der Waals surface area contributed by atoms with Gasteiger partial charge in [0.05, 0.1) is 6.61 Å². The minimum absolute atomic E-state index is 0.0359. The van der Waals surface area contributed by atoms with Crippen molar-refractivity contribution in [1.82, 2.24) is 0 Å². The predicted molar refractivity (Wildman–Crippen MR) is 95.1 cm³/mol. The number of rotatable bonds is 8. The lowest BCUT2D eigenvalue weighted by Gasteiger charge is -2.06. The summed E-state index contributed by atoms with van der Waals surface area (Å²) >= 11 is 0. The maximum absolute atomic E-state index is 12.1. The largest absolute Gasteiger partial charge is 0.494 e. The van der Waals surface area contributed by atoms with Crippen molar-refractivity contribution in [3.05, 3.63) is 71.9 Å². The fourth-order valence-corrected chi connectivity index (χ4v) is 2.09. The molecule has 0 heterocycles. The number of unbranched alkanes of at least 4 members (excludes halogenated alkanes) is 1. The van der Waals surface area contributed by atoms with Crippen molar-refractivity contribution in [2.45, 2.75) is 26.7 Å². The molecule has 2 aromatic carbocycles. The second kappa shape index (κ2) is 8.79. The molecular formula is C20H23NO2. The van der Waals surface area contributed by atoms with Crippen molar-refractivity contribution in [1.29, 1.82) is 0 Å². The van der Waals surface area contributed by atoms with Gasteiger partial charge in [-0.15, -0.1) is 0 Å². The highest BCUT2D eigenvalue weighted by atomic mass is 16.5. The average molecular weight is 309 g/mol. The maximum atomic E-state index is 12.1. The zero-order valence-electron chi connectivity index (χ0n) is 13.7. The van der Waals surface area contributed by atoms with Gasteiger partial charge in [-0.2, -0.15) is 0 Å². The Morgan fingerprint density at radius 3 is 2.57 bits per heavy atom. The van der Waals surface area contributed by atoms with E-state index in [2.05, 4.69) is 12.2 Å². The number of allylic oxidation sites excluding steroid dienone is 1. The molecule has 23 heavy (non-hydrogen) atoms. The number of ether oxygens (including phenoxy) is 1. The van der Waals surface area contributed by atoms with Crippen LogP contribution in [0.1, 0.15) is 35.7 Å². The van der Waals surface area contributed by atoms with Crippen molar-refractivity contribution in [3.63, 3.8) is 0 Å². The van der Waals surface area contributed by atoms with Crippen molar-refractivity contribution in [3.8, 4) is 5.75 Å². The molecule has 0 aromatic heterocycles. The lowest BCUT2D eigenvalue weighted by Crippen LogP contribution is -1.99. The summed E-state index contributed by atoms with van der Waals surface area (Å²) in [5.41, 5.74) is 2.78. The first kappa shape index (κ1) is 16.8. The van der Waals surface area contributed by atoms with Crippen molar-refractivity contribution in [2.75, 3.05) is 11.9 Å². The van der Waals surface area contributed by atoms with Crippen LogP contribution in [0.2, 0.25) is 0 Å². The molecule has 0 aliphatic rings. The Hall–Kier alpha value is -2.55. The third-order valence-corrected chi connectivity index (χ3v) is 3.52. The Morgan fingerprint density at radius 2 is 1.87 bits per heavy atom. The molecule has 1 N–H and O–H groups in total. The second-order valence-corrected chi connectivity index (χ2v) is 5.38. The summed E-state index contributed by atoms with van der Waals surface area (Å²) in [5.74, 6) is 0.767. The number of carbonyl (C=O) groups excluding carboxylic acids is 1. The van der Waals surface area contributed by atoms with E-state index in [0.717, 1.165) is 29.8 Å². The molecule has 0 fully saturated rings. The van der Waals surface area contributed by atoms with Gasteiger partial charge in [0.25, 0.3) is 0 Å². The van der Waals surface area contributed by atoms with E-state index in [1.165, 1.54) is 0 Å². The Bertz CT molecular complexity index is 660. The van der Waals surface area contributed by atoms with Gasteiger partial charge in [-0.25, -0.2) is 0 Å². The first-order valence-corrected chi connectivity index (χ1v) is 7.96. The Labute approximate surface area is 138 Å². The zero-order valence-corrected chi connectivity index (χ0v) is 13.7. The second-order valence-electron chi connectivity index (χ2n) is 5.38. The number of anilines is 1. The smallest absolute Gasteiger partial charge is 0.187 e. The fourth-order valence-electron chi connectivity index (χ4n) is 2.09. The SMILES string of the molecule is CCCCOc1ccc(C(=O)C=CNc2ccccc2C)cc1. The molecular weight excluding hydrogens is 286 g/mol. The Morgan fingerprint density at radius 1 is 1.13 bits per heavy atom. The van der Waals surface area contributed by atoms with Crippen LogP contribution in [-0.4, -0.2) is 12.4 Å². The van der Waals surface area contributed by atoms with Gasteiger partial charge in [-0.3, -0.25) is 4.79 Å². The third kappa shape index (κ3) is 5.29. The van der Waals surface area contributed by atoms with Crippen LogP contribution in [-0.2, 0) is 0 Å². The average Bonchev–Trinajstić information content (AvgIpc) is 2.57. The van der Waals surface area contributed by atoms with Crippen LogP contribution < -0.4 is 10.1 Å². The molecule has 0 amide bonds. The molecule has 0 spiro atoms. The summed E-state index contributed by atoms with van der Waals surface area (Å²) in [5, 5.41) is 3.13. The van der Waals surface area contributed by atoms with Crippen LogP contribution in [0, 0.1) is 6.92 Å². The molecule has 0 atom stereocenters. The van der Waals surface area contributed by atoms with E-state index < -0.39 is 0 Å². The number of benzene rings is 2. The molecule has 0 saturated heterocycles. The van der Waals surface area contributed by atoms with E-state index in [-0.39, 0.29) is 5.78 Å². The van der Waals surface area contributed by atoms with Crippen LogP contribution in [0.5, 0.6) is 5.75 Å². The fraction of sp³-hybridized carbons (Fsp3) is 0.250. The van der Waals surface area contributed by atoms with E-state index in [4.69, 9.17) is 4.74 Å². The molecule has 0 aliphatic heterocycles. The van der Waals surface area contributed by atoms with Gasteiger partial charge in [0.2, 0.25) is 0 Å². The molecule has 0 radical (unpaired) electrons. The summed E-state index contributed by atoms with van der Waals surface area (Å²) in [7, 11) is 0. The van der Waals surface area contributed by atoms with Gasteiger partial charge in [0, 0.05) is 23.5 Å². The minimum Gasteiger partial charge on any atom is -0.494 e. The maximum Gasteiger partial charge on any atom is 0.187 e. The number of carbonyl (C=O) groups is 1. The molecule has 2 aromatic rings. The summed E-state index contributed by atoms with van der Waals surface area (Å²) in [4.78, 5) is 12.1. The highest BCUT2D eigenvalue weighted by molar-refractivity contribution is 6.04. The molecule has 0 saturated carbocycles. The molecule has 3 nitrogen and oxygen atoms in total. The third-order valence-electron chi connectivity index (χ3n) is 3.52. The molecule has 0 bridgehead atoms. The predicted octanol–water partition coefficient (Wildman–Crippen LogP) is 4.98. The summed E-state index contributed by atoms with van der Waals surface area (Å²) < 4.78 is 5.59. The van der Waals surface area contributed by atoms with Crippen molar-refractivity contribution < 1.29 is 9.53 Å². The van der Waals surface area contributed by atoms with Gasteiger partial charge >= 0.3 is 0 Å². The van der Waals surface area contributed by atoms with Crippen LogP contribution in [0.4, 0.5) is 5.69 Å². The molecule has 3 heteroatoms. The van der Waals surface area contributed by atoms with Crippen LogP contribution in [0.3, 0.4) is 0 Å². The molecule has 0 unspecified atom stereocenters. The van der Waals surface area contributed by atoms with Crippen molar-refractivity contribution in [2.24, 2.45) is 0 Å². The van der Waals surface area contributed by atoms with Crippen LogP contribution >= 0.6 is 0 Å². The lowest BCUT2D eigenvalue weighted by atomic mass is 10.1. The first-order valence-electron chi connectivity index (χ1n) is 7.96. The Kier molecular flexibility index (Phi) is 6.42. The number of hydrogen-bond donors (Lipinski definition) is 1. The van der Waals surface area contributed by atoms with Gasteiger partial charge < -0.3 is 10.1 Å². The first-order chi connectivity index (χ1) is 11.2. The van der Waals surface area contributed by atoms with Crippen LogP contribution in [0.15, 0.2) is 60.8 Å². The van der Waals surface area contributed by atoms with Crippen molar-refractivity contribution >= 4 is 11.5 Å². The highest BCUT2D eigenvalue weighted by Crippen LogP contribution is 2.15. The van der Waals surface area contributed by atoms with E-state index in [1.54, 1.807) is 24.4 Å². The number of para-hydroxylation sites is 1. The number of aryl methyl sites for hydroxylation is 1. The summed E-state index contributed by atoms with van der Waals surface area (Å²) in [6, 6.07) is 15.2. The highest BCUT2D eigenvalue weighted by Gasteiger charge is 2.02. The number of nitrogens with one attached hydrogen (secondary N) is 1. The normalized spacial score (nSPS) is 10.7. The zero-order chi connectivity index (χ0) is 16.5. The quantitative estimate of drug-likeness (QED) is 0.424. The van der Waals surface area contributed by atoms with Gasteiger partial charge in [0.1, 0.15) is 5.75 Å². The topological polar surface area (TPSA) is 38.3 Å². The summed E-state index contributed by atoms with van der Waals surface area (Å²) in [6.07, 6.45) is 5.36. The minimum atomic E-state index is -0.0359. The van der Waals surface area contributed by atoms with E-state index in [0.29, 0.717) is 12.2 Å². The molecule has 0 aliphatic carbocycles. The number of ketones is 1. The van der Waals surface area contributed by atoms with E-state index in [1.807, 2.05) is 43.3 Å². The molecule has 2 rings (SSSR count). The number of hydrogen-bond acceptors (Lipinski definition) is 3. The lowest BCUT2D eigenvalue weighted by molar-refractivity contribution is 0.104. The van der Waals surface area contributed by atoms with E-state index in [9.17, 15) is 4.79 Å². The molecule has 120 valence electrons. The van der Waals surface area contributed by atoms with Crippen LogP contribution in [0.25, 0.3) is 0 Å². The Balaban J connectivity index is 1.90. The van der Waals surface area contributed by atoms with Gasteiger partial charge in [0.15, 0.2) is 5.78 Å². The standard InChI is InChI=1S/C20H23NO2/c1-3-4-15-23-18-11-9-17(10-12-18)20(22)13-14-21-19-8-6-5-7-16(19)2/h5-14,21H,3-4,15H2,1-2H3. The van der Waals surface area contributed by atoms with E-state index >= 15 is 0 Å². The summed E-state index contributed by atoms with van der Waals surface area (Å²) in [6.45, 7) is 4.86. The van der Waals surface area contributed by atoms with Gasteiger partial charge in [-0.05, 0) is 49.2 Å². The monoisotopic (exact) mass is 309 g/mol.